The Kier molecular flexibility index (Phi) is 29.4. The van der Waals surface area contributed by atoms with Crippen molar-refractivity contribution in [2.75, 3.05) is 0 Å². The maximum Gasteiger partial charge on any atom is 1.00 e. The van der Waals surface area contributed by atoms with Gasteiger partial charge in [-0.05, 0) is 6.42 Å². The van der Waals surface area contributed by atoms with Gasteiger partial charge in [0, 0.05) is 20.3 Å². The number of carbonyl (C=O) groups excluding carboxylic acids is 6. The largest absolute Gasteiger partial charge is 1.00 e. The van der Waals surface area contributed by atoms with E-state index in [9.17, 15) is 28.8 Å². The van der Waals surface area contributed by atoms with E-state index >= 15 is 0 Å². The molecule has 0 heterocycles. The molecule has 0 aromatic rings. The van der Waals surface area contributed by atoms with E-state index < -0.39 is 47.9 Å². The minimum atomic E-state index is -1.36. The van der Waals surface area contributed by atoms with Crippen LogP contribution in [0.25, 0.3) is 0 Å². The molecule has 0 rings (SSSR count). The van der Waals surface area contributed by atoms with Crippen LogP contribution in [-0.2, 0) is 38.2 Å². The van der Waals surface area contributed by atoms with Crippen molar-refractivity contribution < 1.29 is 162 Å². The average molecular weight is 383 g/mol. The Labute approximate surface area is 233 Å². The van der Waals surface area contributed by atoms with Crippen molar-refractivity contribution in [1.29, 1.82) is 0 Å². The van der Waals surface area contributed by atoms with E-state index in [-0.39, 0.29) is 130 Å². The third-order valence-corrected chi connectivity index (χ3v) is 1.94. The third kappa shape index (κ3) is 17.0. The van der Waals surface area contributed by atoms with E-state index in [0.29, 0.717) is 0 Å². The first-order valence-electron chi connectivity index (χ1n) is 5.43. The van der Waals surface area contributed by atoms with Crippen molar-refractivity contribution in [3.8, 4) is 0 Å². The Balaban J connectivity index is -0.0000000645. The molecule has 0 saturated heterocycles. The standard InChI is InChI=1S/C11H13NO8.4Na.4H/c1-5(13)9(16)19-8(15)4-3-7(12)11(18)20-10(17)6(2)14;;;;;;;;/h7H,3-4,12H2,1-2H3;;;;;;;;/q;4*+1;4*-1/t7-;;;;;;;;/m0......../s1. The number of rotatable bonds is 6. The van der Waals surface area contributed by atoms with Gasteiger partial charge in [-0.2, -0.15) is 0 Å². The molecule has 0 radical (unpaired) electrons. The minimum Gasteiger partial charge on any atom is -1.00 e. The van der Waals surface area contributed by atoms with Crippen LogP contribution < -0.4 is 124 Å². The fourth-order valence-electron chi connectivity index (χ4n) is 0.856. The van der Waals surface area contributed by atoms with Crippen LogP contribution in [0.5, 0.6) is 0 Å². The van der Waals surface area contributed by atoms with Crippen LogP contribution in [0.1, 0.15) is 32.4 Å². The van der Waals surface area contributed by atoms with Crippen LogP contribution in [0.2, 0.25) is 0 Å². The molecule has 2 N–H and O–H groups in total. The molecule has 24 heavy (non-hydrogen) atoms. The number of esters is 4. The summed E-state index contributed by atoms with van der Waals surface area (Å²) in [4.78, 5) is 64.9. The fraction of sp³-hybridized carbons (Fsp3) is 0.455. The van der Waals surface area contributed by atoms with Crippen LogP contribution >= 0.6 is 0 Å². The van der Waals surface area contributed by atoms with E-state index in [4.69, 9.17) is 5.73 Å². The summed E-state index contributed by atoms with van der Waals surface area (Å²) in [7, 11) is 0. The minimum absolute atomic E-state index is 0. The first-order chi connectivity index (χ1) is 9.15. The van der Waals surface area contributed by atoms with Crippen LogP contribution in [0, 0.1) is 0 Å². The number of Topliss-reactive ketones (excluding diaryl/α,β-unsaturated/α-hetero) is 2. The molecule has 118 valence electrons. The number of ether oxygens (including phenoxy) is 2. The summed E-state index contributed by atoms with van der Waals surface area (Å²) in [5.74, 6) is -6.84. The summed E-state index contributed by atoms with van der Waals surface area (Å²) in [6.45, 7) is 1.83. The van der Waals surface area contributed by atoms with Crippen molar-refractivity contribution in [3.63, 3.8) is 0 Å². The topological polar surface area (TPSA) is 147 Å². The molecule has 0 fully saturated rings. The van der Waals surface area contributed by atoms with Gasteiger partial charge in [0.2, 0.25) is 11.6 Å². The van der Waals surface area contributed by atoms with Crippen LogP contribution in [-0.4, -0.2) is 41.5 Å². The first kappa shape index (κ1) is 36.5. The molecule has 0 aliphatic heterocycles. The zero-order valence-corrected chi connectivity index (χ0v) is 22.8. The average Bonchev–Trinajstić information content (AvgIpc) is 2.35. The van der Waals surface area contributed by atoms with Gasteiger partial charge in [0.15, 0.2) is 0 Å². The number of hydrogen-bond acceptors (Lipinski definition) is 9. The molecule has 0 unspecified atom stereocenters. The molecule has 9 nitrogen and oxygen atoms in total. The van der Waals surface area contributed by atoms with Crippen molar-refractivity contribution in [2.45, 2.75) is 32.7 Å². The molecule has 0 amide bonds. The molecule has 0 aromatic heterocycles. The second-order valence-corrected chi connectivity index (χ2v) is 3.73. The summed E-state index contributed by atoms with van der Waals surface area (Å²) < 4.78 is 8.20. The monoisotopic (exact) mass is 383 g/mol. The quantitative estimate of drug-likeness (QED) is 0.204. The third-order valence-electron chi connectivity index (χ3n) is 1.94. The Hall–Kier alpha value is 1.58. The molecular weight excluding hydrogens is 366 g/mol. The van der Waals surface area contributed by atoms with Crippen molar-refractivity contribution in [3.05, 3.63) is 0 Å². The van der Waals surface area contributed by atoms with Gasteiger partial charge in [-0.1, -0.05) is 0 Å². The molecule has 0 spiro atoms. The van der Waals surface area contributed by atoms with Gasteiger partial charge in [-0.25, -0.2) is 14.4 Å². The summed E-state index contributed by atoms with van der Waals surface area (Å²) in [6, 6.07) is -1.35. The van der Waals surface area contributed by atoms with E-state index in [1.807, 2.05) is 0 Å². The predicted octanol–water partition coefficient (Wildman–Crippen LogP) is -13.1. The summed E-state index contributed by atoms with van der Waals surface area (Å²) >= 11 is 0. The number of nitrogens with two attached hydrogens (primary N) is 1. The van der Waals surface area contributed by atoms with Crippen LogP contribution in [0.15, 0.2) is 0 Å². The molecule has 0 aromatic carbocycles. The number of ketones is 2. The summed E-state index contributed by atoms with van der Waals surface area (Å²) in [6.07, 6.45) is -0.725. The van der Waals surface area contributed by atoms with E-state index in [1.165, 1.54) is 0 Å². The molecule has 0 aliphatic rings. The van der Waals surface area contributed by atoms with Gasteiger partial charge >= 0.3 is 142 Å². The van der Waals surface area contributed by atoms with Gasteiger partial charge in [0.25, 0.3) is 0 Å². The Bertz CT molecular complexity index is 499. The maximum atomic E-state index is 11.2. The van der Waals surface area contributed by atoms with E-state index in [2.05, 4.69) is 9.47 Å². The zero-order valence-electron chi connectivity index (χ0n) is 18.8. The predicted molar refractivity (Wildman–Crippen MR) is 65.2 cm³/mol. The summed E-state index contributed by atoms with van der Waals surface area (Å²) in [5, 5.41) is 0. The Morgan fingerprint density at radius 1 is 0.833 bits per heavy atom. The maximum absolute atomic E-state index is 11.2. The van der Waals surface area contributed by atoms with Crippen molar-refractivity contribution >= 4 is 35.4 Å². The van der Waals surface area contributed by atoms with Crippen LogP contribution in [0.3, 0.4) is 0 Å². The van der Waals surface area contributed by atoms with Crippen molar-refractivity contribution in [1.82, 2.24) is 0 Å². The zero-order chi connectivity index (χ0) is 15.9. The Morgan fingerprint density at radius 2 is 1.21 bits per heavy atom. The normalized spacial score (nSPS) is 9.29. The fourth-order valence-corrected chi connectivity index (χ4v) is 0.856. The number of hydrogen-bond donors (Lipinski definition) is 1. The van der Waals surface area contributed by atoms with E-state index in [1.54, 1.807) is 0 Å². The van der Waals surface area contributed by atoms with E-state index in [0.717, 1.165) is 13.8 Å². The molecule has 0 saturated carbocycles. The molecule has 0 aliphatic carbocycles. The molecular formula is C11H17NNa4O8. The van der Waals surface area contributed by atoms with Gasteiger partial charge in [-0.3, -0.25) is 14.4 Å². The molecule has 13 heteroatoms. The van der Waals surface area contributed by atoms with Gasteiger partial charge < -0.3 is 20.9 Å². The summed E-state index contributed by atoms with van der Waals surface area (Å²) in [5.41, 5.74) is 5.31. The van der Waals surface area contributed by atoms with Crippen molar-refractivity contribution in [2.24, 2.45) is 5.73 Å². The van der Waals surface area contributed by atoms with Crippen LogP contribution in [0.4, 0.5) is 0 Å². The molecule has 0 bridgehead atoms. The second kappa shape index (κ2) is 19.3. The van der Waals surface area contributed by atoms with Gasteiger partial charge in [0.1, 0.15) is 6.04 Å². The number of carbonyl (C=O) groups is 6. The van der Waals surface area contributed by atoms with Gasteiger partial charge in [0.05, 0.1) is 0 Å². The SMILES string of the molecule is CC(=O)C(=O)OC(=O)CC[C@H](N)C(=O)OC(=O)C(C)=O.[H-].[H-].[H-].[H-].[Na+].[Na+].[Na+].[Na+]. The second-order valence-electron chi connectivity index (χ2n) is 3.73. The molecule has 1 atom stereocenters. The first-order valence-corrected chi connectivity index (χ1v) is 5.43. The smallest absolute Gasteiger partial charge is 1.00 e. The Morgan fingerprint density at radius 3 is 1.58 bits per heavy atom. The van der Waals surface area contributed by atoms with Gasteiger partial charge in [-0.15, -0.1) is 0 Å².